The lowest BCUT2D eigenvalue weighted by Gasteiger charge is -2.47. The van der Waals surface area contributed by atoms with E-state index in [1.54, 1.807) is 12.1 Å². The van der Waals surface area contributed by atoms with Crippen LogP contribution in [0.2, 0.25) is 0 Å². The number of aryl methyl sites for hydroxylation is 3. The summed E-state index contributed by atoms with van der Waals surface area (Å²) in [5.41, 5.74) is 4.47. The van der Waals surface area contributed by atoms with E-state index >= 15 is 0 Å². The maximum absolute atomic E-state index is 14.8. The molecule has 44 heavy (non-hydrogen) atoms. The number of carbonyl (C=O) groups is 2. The third-order valence-electron chi connectivity index (χ3n) is 8.58. The van der Waals surface area contributed by atoms with Gasteiger partial charge in [0.15, 0.2) is 0 Å². The first-order chi connectivity index (χ1) is 20.7. The molecule has 0 aliphatic carbocycles. The first kappa shape index (κ1) is 31.2. The number of carbonyl (C=O) groups excluding carboxylic acids is 2. The van der Waals surface area contributed by atoms with E-state index in [9.17, 15) is 14.0 Å². The summed E-state index contributed by atoms with van der Waals surface area (Å²) < 4.78 is 21.8. The molecule has 0 spiro atoms. The van der Waals surface area contributed by atoms with Gasteiger partial charge >= 0.3 is 5.97 Å². The van der Waals surface area contributed by atoms with Gasteiger partial charge in [0.05, 0.1) is 23.9 Å². The predicted molar refractivity (Wildman–Crippen MR) is 172 cm³/mol. The number of nitrogens with zero attached hydrogens (tertiary/aromatic N) is 5. The zero-order valence-corrected chi connectivity index (χ0v) is 27.2. The third-order valence-corrected chi connectivity index (χ3v) is 8.58. The summed E-state index contributed by atoms with van der Waals surface area (Å²) in [5, 5.41) is 0.872. The average molecular weight is 600 g/mol. The summed E-state index contributed by atoms with van der Waals surface area (Å²) in [6.07, 6.45) is 2.64. The number of esters is 1. The van der Waals surface area contributed by atoms with Gasteiger partial charge in [-0.05, 0) is 95.8 Å². The number of hydrogen-bond acceptors (Lipinski definition) is 6. The van der Waals surface area contributed by atoms with Gasteiger partial charge in [-0.3, -0.25) is 4.79 Å². The molecule has 3 aromatic heterocycles. The van der Waals surface area contributed by atoms with E-state index in [4.69, 9.17) is 14.7 Å². The standard InChI is InChI=1S/C35H42FN5O3/c1-10-23-11-12-24(18-27(23)36)26-19-41(34(4,5)6)31-25(26)13-14-28(38-31)32(42)40-16-15-39(20-35(40,7)8)29-17-21(2)30(22(3)37-29)33(43)44-9/h11-14,17-19H,10,15-16,20H2,1-9H3. The summed E-state index contributed by atoms with van der Waals surface area (Å²) in [4.78, 5) is 39.9. The molecule has 1 fully saturated rings. The van der Waals surface area contributed by atoms with Crippen molar-refractivity contribution in [3.63, 3.8) is 0 Å². The highest BCUT2D eigenvalue weighted by Crippen LogP contribution is 2.35. The van der Waals surface area contributed by atoms with Gasteiger partial charge in [-0.25, -0.2) is 19.2 Å². The van der Waals surface area contributed by atoms with Crippen molar-refractivity contribution in [2.45, 2.75) is 72.9 Å². The second kappa shape index (κ2) is 11.3. The summed E-state index contributed by atoms with van der Waals surface area (Å²) in [6, 6.07) is 11.0. The van der Waals surface area contributed by atoms with Crippen LogP contribution in [0.1, 0.15) is 79.2 Å². The van der Waals surface area contributed by atoms with Crippen molar-refractivity contribution < 1.29 is 18.7 Å². The molecular weight excluding hydrogens is 557 g/mol. The minimum atomic E-state index is -0.522. The zero-order valence-electron chi connectivity index (χ0n) is 27.2. The fourth-order valence-corrected chi connectivity index (χ4v) is 6.21. The Hall–Kier alpha value is -4.27. The number of hydrogen-bond donors (Lipinski definition) is 0. The van der Waals surface area contributed by atoms with Crippen LogP contribution in [0.15, 0.2) is 42.6 Å². The Balaban J connectivity index is 1.46. The molecule has 1 amide bonds. The molecule has 1 aliphatic rings. The largest absolute Gasteiger partial charge is 0.465 e. The molecule has 0 atom stereocenters. The number of halogens is 1. The summed E-state index contributed by atoms with van der Waals surface area (Å²) in [6.45, 7) is 17.6. The van der Waals surface area contributed by atoms with Crippen LogP contribution in [0.3, 0.4) is 0 Å². The van der Waals surface area contributed by atoms with E-state index in [-0.39, 0.29) is 17.3 Å². The van der Waals surface area contributed by atoms with Crippen molar-refractivity contribution in [3.8, 4) is 11.1 Å². The molecule has 1 saturated heterocycles. The molecule has 8 nitrogen and oxygen atoms in total. The lowest BCUT2D eigenvalue weighted by atomic mass is 9.97. The van der Waals surface area contributed by atoms with E-state index < -0.39 is 11.5 Å². The van der Waals surface area contributed by atoms with Crippen LogP contribution in [0.4, 0.5) is 10.2 Å². The Labute approximate surface area is 258 Å². The Morgan fingerprint density at radius 1 is 1.05 bits per heavy atom. The first-order valence-corrected chi connectivity index (χ1v) is 15.1. The number of pyridine rings is 2. The average Bonchev–Trinajstić information content (AvgIpc) is 3.35. The van der Waals surface area contributed by atoms with E-state index in [0.29, 0.717) is 54.2 Å². The maximum atomic E-state index is 14.8. The van der Waals surface area contributed by atoms with Gasteiger partial charge in [0, 0.05) is 42.3 Å². The topological polar surface area (TPSA) is 80.6 Å². The molecular formula is C35H42FN5O3. The van der Waals surface area contributed by atoms with Gasteiger partial charge < -0.3 is 19.1 Å². The van der Waals surface area contributed by atoms with Gasteiger partial charge in [0.25, 0.3) is 5.91 Å². The molecule has 1 aromatic carbocycles. The Morgan fingerprint density at radius 2 is 1.77 bits per heavy atom. The SMILES string of the molecule is CCc1ccc(-c2cn(C(C)(C)C)c3nc(C(=O)N4CCN(c5cc(C)c(C(=O)OC)c(C)n5)CC4(C)C)ccc23)cc1F. The molecule has 0 N–H and O–H groups in total. The second-order valence-corrected chi connectivity index (χ2v) is 13.3. The zero-order chi connectivity index (χ0) is 32.1. The van der Waals surface area contributed by atoms with Crippen molar-refractivity contribution >= 4 is 28.7 Å². The Morgan fingerprint density at radius 3 is 2.36 bits per heavy atom. The van der Waals surface area contributed by atoms with Gasteiger partial charge in [0.1, 0.15) is 23.0 Å². The van der Waals surface area contributed by atoms with Crippen molar-refractivity contribution in [2.75, 3.05) is 31.6 Å². The van der Waals surface area contributed by atoms with E-state index in [1.165, 1.54) is 7.11 Å². The number of anilines is 1. The van der Waals surface area contributed by atoms with Gasteiger partial charge in [0.2, 0.25) is 0 Å². The highest BCUT2D eigenvalue weighted by atomic mass is 19.1. The van der Waals surface area contributed by atoms with Crippen LogP contribution in [0.5, 0.6) is 0 Å². The summed E-state index contributed by atoms with van der Waals surface area (Å²) in [7, 11) is 1.37. The smallest absolute Gasteiger partial charge is 0.339 e. The molecule has 0 radical (unpaired) electrons. The van der Waals surface area contributed by atoms with Crippen LogP contribution in [0, 0.1) is 19.7 Å². The molecule has 232 valence electrons. The lowest BCUT2D eigenvalue weighted by Crippen LogP contribution is -2.61. The fourth-order valence-electron chi connectivity index (χ4n) is 6.21. The first-order valence-electron chi connectivity index (χ1n) is 15.1. The highest BCUT2D eigenvalue weighted by Gasteiger charge is 2.38. The minimum Gasteiger partial charge on any atom is -0.465 e. The van der Waals surface area contributed by atoms with Crippen LogP contribution >= 0.6 is 0 Å². The Bertz CT molecular complexity index is 1750. The second-order valence-electron chi connectivity index (χ2n) is 13.3. The van der Waals surface area contributed by atoms with Crippen molar-refractivity contribution in [1.82, 2.24) is 19.4 Å². The summed E-state index contributed by atoms with van der Waals surface area (Å²) in [5.74, 6) is 0.0130. The summed E-state index contributed by atoms with van der Waals surface area (Å²) >= 11 is 0. The molecule has 4 aromatic rings. The van der Waals surface area contributed by atoms with Crippen molar-refractivity contribution in [1.29, 1.82) is 0 Å². The molecule has 0 unspecified atom stereocenters. The van der Waals surface area contributed by atoms with E-state index in [2.05, 4.69) is 30.2 Å². The molecule has 4 heterocycles. The van der Waals surface area contributed by atoms with Gasteiger partial charge in [-0.15, -0.1) is 0 Å². The number of aromatic nitrogens is 3. The van der Waals surface area contributed by atoms with Gasteiger partial charge in [-0.1, -0.05) is 19.1 Å². The highest BCUT2D eigenvalue weighted by molar-refractivity contribution is 5.99. The number of amides is 1. The third kappa shape index (κ3) is 5.55. The number of rotatable bonds is 5. The fraction of sp³-hybridized carbons (Fsp3) is 0.429. The van der Waals surface area contributed by atoms with E-state index in [1.807, 2.05) is 70.0 Å². The molecule has 9 heteroatoms. The van der Waals surface area contributed by atoms with Crippen LogP contribution < -0.4 is 4.90 Å². The lowest BCUT2D eigenvalue weighted by molar-refractivity contribution is 0.0506. The number of piperazine rings is 1. The molecule has 0 bridgehead atoms. The monoisotopic (exact) mass is 599 g/mol. The maximum Gasteiger partial charge on any atom is 0.339 e. The van der Waals surface area contributed by atoms with Gasteiger partial charge in [-0.2, -0.15) is 0 Å². The molecule has 1 aliphatic heterocycles. The van der Waals surface area contributed by atoms with E-state index in [0.717, 1.165) is 27.9 Å². The van der Waals surface area contributed by atoms with Crippen LogP contribution in [0.25, 0.3) is 22.2 Å². The minimum absolute atomic E-state index is 0.139. The van der Waals surface area contributed by atoms with Crippen molar-refractivity contribution in [2.24, 2.45) is 0 Å². The predicted octanol–water partition coefficient (Wildman–Crippen LogP) is 6.70. The Kier molecular flexibility index (Phi) is 8.03. The number of ether oxygens (including phenoxy) is 1. The number of methoxy groups -OCH3 is 1. The number of fused-ring (bicyclic) bond motifs is 1. The molecule has 5 rings (SSSR count). The quantitative estimate of drug-likeness (QED) is 0.238. The van der Waals surface area contributed by atoms with Crippen LogP contribution in [-0.4, -0.2) is 63.6 Å². The number of benzene rings is 1. The normalized spacial score (nSPS) is 15.1. The molecule has 0 saturated carbocycles. The van der Waals surface area contributed by atoms with Crippen LogP contribution in [-0.2, 0) is 16.7 Å². The van der Waals surface area contributed by atoms with Crippen molar-refractivity contribution in [3.05, 3.63) is 76.5 Å².